The van der Waals surface area contributed by atoms with Crippen molar-refractivity contribution in [2.24, 2.45) is 0 Å². The van der Waals surface area contributed by atoms with Crippen LogP contribution in [0.1, 0.15) is 28.3 Å². The molecule has 1 heterocycles. The van der Waals surface area contributed by atoms with E-state index in [0.29, 0.717) is 17.1 Å². The first kappa shape index (κ1) is 16.3. The quantitative estimate of drug-likeness (QED) is 0.782. The molecule has 3 nitrogen and oxygen atoms in total. The van der Waals surface area contributed by atoms with Gasteiger partial charge in [0, 0.05) is 51.0 Å². The van der Waals surface area contributed by atoms with Gasteiger partial charge < -0.3 is 0 Å². The molecule has 1 saturated heterocycles. The molecule has 1 aliphatic heterocycles. The molecule has 5 heteroatoms. The standard InChI is InChI=1S/C18H18O3S2/c19-17(15-9-5-2-6-10-15)13-16(14-7-3-1-4-8-14)18-22(20)11-12-23(18)21/h1-10,16,18H,11-13H2/t16-,22-,23-/m1/s1. The van der Waals surface area contributed by atoms with Crippen LogP contribution in [0.3, 0.4) is 0 Å². The molecule has 0 saturated carbocycles. The number of carbonyl (C=O) groups excluding carboxylic acids is 1. The van der Waals surface area contributed by atoms with Gasteiger partial charge in [0.05, 0.1) is 0 Å². The smallest absolute Gasteiger partial charge is 0.163 e. The molecule has 0 unspecified atom stereocenters. The third-order valence-corrected chi connectivity index (χ3v) is 8.51. The van der Waals surface area contributed by atoms with Gasteiger partial charge in [-0.25, -0.2) is 0 Å². The molecule has 0 spiro atoms. The van der Waals surface area contributed by atoms with Crippen LogP contribution < -0.4 is 0 Å². The summed E-state index contributed by atoms with van der Waals surface area (Å²) in [7, 11) is -2.29. The van der Waals surface area contributed by atoms with E-state index < -0.39 is 26.2 Å². The average Bonchev–Trinajstić information content (AvgIpc) is 2.93. The van der Waals surface area contributed by atoms with Crippen molar-refractivity contribution in [3.05, 3.63) is 71.8 Å². The highest BCUT2D eigenvalue weighted by Crippen LogP contribution is 2.33. The Morgan fingerprint density at radius 1 is 0.913 bits per heavy atom. The van der Waals surface area contributed by atoms with Gasteiger partial charge in [0.1, 0.15) is 4.58 Å². The highest BCUT2D eigenvalue weighted by Gasteiger charge is 2.39. The minimum absolute atomic E-state index is 0.000327. The summed E-state index contributed by atoms with van der Waals surface area (Å²) in [4.78, 5) is 12.6. The van der Waals surface area contributed by atoms with Gasteiger partial charge in [-0.1, -0.05) is 60.7 Å². The number of Topliss-reactive ketones (excluding diaryl/α,β-unsaturated/α-hetero) is 1. The van der Waals surface area contributed by atoms with Crippen LogP contribution in [0.15, 0.2) is 60.7 Å². The molecule has 2 aromatic carbocycles. The van der Waals surface area contributed by atoms with Crippen LogP contribution in [0, 0.1) is 0 Å². The summed E-state index contributed by atoms with van der Waals surface area (Å²) in [5.74, 6) is 0.647. The molecule has 1 aliphatic rings. The number of hydrogen-bond acceptors (Lipinski definition) is 3. The monoisotopic (exact) mass is 346 g/mol. The molecule has 3 atom stereocenters. The van der Waals surface area contributed by atoms with Gasteiger partial charge in [-0.15, -0.1) is 0 Å². The summed E-state index contributed by atoms with van der Waals surface area (Å²) in [5, 5.41) is 0. The van der Waals surface area contributed by atoms with Crippen LogP contribution in [-0.2, 0) is 21.6 Å². The lowest BCUT2D eigenvalue weighted by atomic mass is 9.93. The fraction of sp³-hybridized carbons (Fsp3) is 0.278. The van der Waals surface area contributed by atoms with Crippen molar-refractivity contribution in [3.63, 3.8) is 0 Å². The van der Waals surface area contributed by atoms with Crippen molar-refractivity contribution in [2.75, 3.05) is 11.5 Å². The minimum Gasteiger partial charge on any atom is -0.294 e. The van der Waals surface area contributed by atoms with Crippen molar-refractivity contribution < 1.29 is 13.2 Å². The molecular weight excluding hydrogens is 328 g/mol. The maximum atomic E-state index is 12.6. The Balaban J connectivity index is 1.91. The van der Waals surface area contributed by atoms with Gasteiger partial charge >= 0.3 is 0 Å². The first-order valence-corrected chi connectivity index (χ1v) is 10.3. The average molecular weight is 346 g/mol. The summed E-state index contributed by atoms with van der Waals surface area (Å²) in [6, 6.07) is 18.7. The number of rotatable bonds is 5. The lowest BCUT2D eigenvalue weighted by Gasteiger charge is -2.21. The second-order valence-corrected chi connectivity index (χ2v) is 9.20. The van der Waals surface area contributed by atoms with E-state index in [1.807, 2.05) is 48.5 Å². The van der Waals surface area contributed by atoms with Gasteiger partial charge in [-0.3, -0.25) is 13.2 Å². The zero-order valence-electron chi connectivity index (χ0n) is 12.6. The van der Waals surface area contributed by atoms with Gasteiger partial charge in [0.2, 0.25) is 0 Å². The van der Waals surface area contributed by atoms with Crippen molar-refractivity contribution in [3.8, 4) is 0 Å². The highest BCUT2D eigenvalue weighted by molar-refractivity contribution is 8.06. The molecule has 0 N–H and O–H groups in total. The molecule has 0 aliphatic carbocycles. The molecule has 120 valence electrons. The van der Waals surface area contributed by atoms with Crippen LogP contribution >= 0.6 is 0 Å². The second-order valence-electron chi connectivity index (χ2n) is 5.55. The van der Waals surface area contributed by atoms with E-state index in [1.165, 1.54) is 0 Å². The maximum Gasteiger partial charge on any atom is 0.163 e. The fourth-order valence-corrected chi connectivity index (χ4v) is 7.45. The first-order chi connectivity index (χ1) is 11.2. The Kier molecular flexibility index (Phi) is 5.18. The molecule has 3 rings (SSSR count). The number of hydrogen-bond donors (Lipinski definition) is 0. The van der Waals surface area contributed by atoms with Gasteiger partial charge in [-0.05, 0) is 5.56 Å². The molecule has 0 bridgehead atoms. The Bertz CT molecular complexity index is 712. The van der Waals surface area contributed by atoms with Gasteiger partial charge in [-0.2, -0.15) is 0 Å². The topological polar surface area (TPSA) is 51.2 Å². The van der Waals surface area contributed by atoms with Crippen molar-refractivity contribution in [1.29, 1.82) is 0 Å². The fourth-order valence-electron chi connectivity index (χ4n) is 2.90. The molecule has 2 aromatic rings. The molecule has 0 radical (unpaired) electrons. The number of carbonyl (C=O) groups is 1. The summed E-state index contributed by atoms with van der Waals surface area (Å²) in [6.07, 6.45) is 0.232. The van der Waals surface area contributed by atoms with E-state index >= 15 is 0 Å². The van der Waals surface area contributed by atoms with Crippen LogP contribution in [0.4, 0.5) is 0 Å². The lowest BCUT2D eigenvalue weighted by Crippen LogP contribution is -2.26. The van der Waals surface area contributed by atoms with E-state index in [4.69, 9.17) is 0 Å². The molecular formula is C18H18O3S2. The lowest BCUT2D eigenvalue weighted by molar-refractivity contribution is 0.0975. The van der Waals surface area contributed by atoms with E-state index in [0.717, 1.165) is 5.56 Å². The highest BCUT2D eigenvalue weighted by atomic mass is 32.3. The zero-order chi connectivity index (χ0) is 16.2. The summed E-state index contributed by atoms with van der Waals surface area (Å²) in [6.45, 7) is 0. The predicted octanol–water partition coefficient (Wildman–Crippen LogP) is 2.88. The van der Waals surface area contributed by atoms with E-state index in [9.17, 15) is 13.2 Å². The number of ketones is 1. The third kappa shape index (κ3) is 3.67. The normalized spacial score (nSPS) is 22.8. The van der Waals surface area contributed by atoms with Crippen molar-refractivity contribution >= 4 is 27.4 Å². The zero-order valence-corrected chi connectivity index (χ0v) is 14.2. The predicted molar refractivity (Wildman–Crippen MR) is 94.4 cm³/mol. The largest absolute Gasteiger partial charge is 0.294 e. The summed E-state index contributed by atoms with van der Waals surface area (Å²) < 4.78 is 24.2. The Morgan fingerprint density at radius 2 is 1.43 bits per heavy atom. The molecule has 1 fully saturated rings. The molecule has 0 amide bonds. The SMILES string of the molecule is O=C(C[C@H](c1ccccc1)C1[S@](=O)CC[S@]1=O)c1ccccc1. The van der Waals surface area contributed by atoms with Crippen LogP contribution in [0.2, 0.25) is 0 Å². The van der Waals surface area contributed by atoms with Crippen LogP contribution in [0.5, 0.6) is 0 Å². The van der Waals surface area contributed by atoms with Gasteiger partial charge in [0.15, 0.2) is 5.78 Å². The molecule has 0 aromatic heterocycles. The Morgan fingerprint density at radius 3 is 2.00 bits per heavy atom. The molecule has 23 heavy (non-hydrogen) atoms. The maximum absolute atomic E-state index is 12.6. The summed E-state index contributed by atoms with van der Waals surface area (Å²) >= 11 is 0. The van der Waals surface area contributed by atoms with Crippen molar-refractivity contribution in [2.45, 2.75) is 16.9 Å². The van der Waals surface area contributed by atoms with E-state index in [2.05, 4.69) is 0 Å². The first-order valence-electron chi connectivity index (χ1n) is 7.54. The summed E-state index contributed by atoms with van der Waals surface area (Å²) in [5.41, 5.74) is 1.58. The van der Waals surface area contributed by atoms with Crippen LogP contribution in [0.25, 0.3) is 0 Å². The van der Waals surface area contributed by atoms with Crippen LogP contribution in [-0.4, -0.2) is 30.3 Å². The Labute approximate surface area is 141 Å². The van der Waals surface area contributed by atoms with Crippen molar-refractivity contribution in [1.82, 2.24) is 0 Å². The third-order valence-electron chi connectivity index (χ3n) is 4.06. The second kappa shape index (κ2) is 7.32. The van der Waals surface area contributed by atoms with Gasteiger partial charge in [0.25, 0.3) is 0 Å². The minimum atomic E-state index is -1.15. The van der Waals surface area contributed by atoms with E-state index in [-0.39, 0.29) is 18.1 Å². The Hall–Kier alpha value is -1.59. The number of benzene rings is 2. The van der Waals surface area contributed by atoms with E-state index in [1.54, 1.807) is 12.1 Å².